The van der Waals surface area contributed by atoms with Crippen LogP contribution in [-0.4, -0.2) is 25.3 Å². The lowest BCUT2D eigenvalue weighted by Crippen LogP contribution is -2.16. The number of nitrogens with one attached hydrogen (secondary N) is 1. The fraction of sp³-hybridized carbons (Fsp3) is 0.222. The number of oxime groups is 1. The van der Waals surface area contributed by atoms with Crippen molar-refractivity contribution in [3.8, 4) is 5.75 Å². The van der Waals surface area contributed by atoms with Gasteiger partial charge < -0.3 is 14.9 Å². The van der Waals surface area contributed by atoms with Crippen molar-refractivity contribution in [1.82, 2.24) is 0 Å². The van der Waals surface area contributed by atoms with E-state index in [-0.39, 0.29) is 12.5 Å². The van der Waals surface area contributed by atoms with Crippen molar-refractivity contribution in [3.05, 3.63) is 59.7 Å². The Kier molecular flexibility index (Phi) is 6.17. The minimum atomic E-state index is -0.252. The van der Waals surface area contributed by atoms with Crippen LogP contribution in [0.5, 0.6) is 5.75 Å². The maximum Gasteiger partial charge on any atom is 0.265 e. The molecule has 1 amide bonds. The van der Waals surface area contributed by atoms with Gasteiger partial charge in [0.25, 0.3) is 5.91 Å². The van der Waals surface area contributed by atoms with Crippen LogP contribution in [0, 0.1) is 6.92 Å². The third-order valence-corrected chi connectivity index (χ3v) is 3.00. The minimum absolute atomic E-state index is 0.137. The molecule has 1 N–H and O–H groups in total. The number of hydrogen-bond acceptors (Lipinski definition) is 4. The zero-order chi connectivity index (χ0) is 16.5. The Hall–Kier alpha value is -2.82. The Morgan fingerprint density at radius 3 is 2.48 bits per heavy atom. The quantitative estimate of drug-likeness (QED) is 0.630. The number of nitrogens with zero attached hydrogens (tertiary/aromatic N) is 1. The van der Waals surface area contributed by atoms with Gasteiger partial charge in [-0.25, -0.2) is 0 Å². The molecule has 0 saturated carbocycles. The summed E-state index contributed by atoms with van der Waals surface area (Å²) in [5.41, 5.74) is 2.74. The second-order valence-electron chi connectivity index (χ2n) is 4.92. The molecule has 0 aliphatic rings. The Balaban J connectivity index is 1.75. The van der Waals surface area contributed by atoms with Gasteiger partial charge in [-0.15, -0.1) is 0 Å². The molecule has 0 bridgehead atoms. The highest BCUT2D eigenvalue weighted by molar-refractivity contribution is 5.91. The van der Waals surface area contributed by atoms with E-state index in [1.165, 1.54) is 0 Å². The van der Waals surface area contributed by atoms with Crippen molar-refractivity contribution < 1.29 is 14.4 Å². The van der Waals surface area contributed by atoms with Crippen molar-refractivity contribution in [1.29, 1.82) is 0 Å². The van der Waals surface area contributed by atoms with Crippen molar-refractivity contribution in [2.75, 3.05) is 18.5 Å². The van der Waals surface area contributed by atoms with Gasteiger partial charge in [-0.1, -0.05) is 22.9 Å². The van der Waals surface area contributed by atoms with Gasteiger partial charge in [0.05, 0.1) is 12.8 Å². The lowest BCUT2D eigenvalue weighted by molar-refractivity contribution is -0.120. The first kappa shape index (κ1) is 16.5. The molecule has 2 aromatic carbocycles. The highest BCUT2D eigenvalue weighted by Crippen LogP contribution is 2.11. The van der Waals surface area contributed by atoms with Gasteiger partial charge in [-0.05, 0) is 55.8 Å². The molecule has 0 saturated heterocycles. The molecule has 0 aromatic heterocycles. The largest absolute Gasteiger partial charge is 0.494 e. The van der Waals surface area contributed by atoms with Crippen LogP contribution in [0.1, 0.15) is 18.1 Å². The number of anilines is 1. The topological polar surface area (TPSA) is 59.9 Å². The maximum atomic E-state index is 11.7. The second kappa shape index (κ2) is 8.58. The molecule has 0 aliphatic heterocycles. The maximum absolute atomic E-state index is 11.7. The van der Waals surface area contributed by atoms with Crippen LogP contribution in [0.4, 0.5) is 5.69 Å². The molecule has 0 radical (unpaired) electrons. The van der Waals surface area contributed by atoms with Crippen LogP contribution in [-0.2, 0) is 9.63 Å². The molecule has 0 atom stereocenters. The average molecular weight is 312 g/mol. The fourth-order valence-corrected chi connectivity index (χ4v) is 1.84. The summed E-state index contributed by atoms with van der Waals surface area (Å²) in [5.74, 6) is 0.556. The number of carbonyl (C=O) groups is 1. The molecule has 0 spiro atoms. The lowest BCUT2D eigenvalue weighted by Gasteiger charge is -2.04. The molecule has 120 valence electrons. The van der Waals surface area contributed by atoms with Crippen LogP contribution in [0.3, 0.4) is 0 Å². The monoisotopic (exact) mass is 312 g/mol. The van der Waals surface area contributed by atoms with Crippen LogP contribution >= 0.6 is 0 Å². The number of benzene rings is 2. The van der Waals surface area contributed by atoms with Gasteiger partial charge in [0.2, 0.25) is 0 Å². The smallest absolute Gasteiger partial charge is 0.265 e. The van der Waals surface area contributed by atoms with E-state index in [2.05, 4.69) is 10.5 Å². The van der Waals surface area contributed by atoms with E-state index in [1.807, 2.05) is 62.4 Å². The summed E-state index contributed by atoms with van der Waals surface area (Å²) in [6, 6.07) is 15.0. The lowest BCUT2D eigenvalue weighted by atomic mass is 10.2. The van der Waals surface area contributed by atoms with Crippen LogP contribution < -0.4 is 10.1 Å². The van der Waals surface area contributed by atoms with Gasteiger partial charge in [0.15, 0.2) is 6.61 Å². The normalized spacial score (nSPS) is 10.5. The van der Waals surface area contributed by atoms with E-state index in [0.717, 1.165) is 22.6 Å². The Bertz CT molecular complexity index is 649. The highest BCUT2D eigenvalue weighted by atomic mass is 16.6. The van der Waals surface area contributed by atoms with Gasteiger partial charge in [-0.2, -0.15) is 0 Å². The first-order valence-corrected chi connectivity index (χ1v) is 7.42. The SMILES string of the molecule is CCOc1ccc(/C=N\OCC(=O)Nc2ccc(C)cc2)cc1. The summed E-state index contributed by atoms with van der Waals surface area (Å²) in [6.45, 7) is 4.42. The standard InChI is InChI=1S/C18H20N2O3/c1-3-22-17-10-6-15(7-11-17)12-19-23-13-18(21)20-16-8-4-14(2)5-9-16/h4-12H,3,13H2,1-2H3,(H,20,21)/b19-12-. The number of amides is 1. The van der Waals surface area contributed by atoms with E-state index in [4.69, 9.17) is 9.57 Å². The molecular formula is C18H20N2O3. The van der Waals surface area contributed by atoms with Crippen molar-refractivity contribution in [2.45, 2.75) is 13.8 Å². The summed E-state index contributed by atoms with van der Waals surface area (Å²) in [5, 5.41) is 6.52. The first-order valence-electron chi connectivity index (χ1n) is 7.42. The third kappa shape index (κ3) is 5.82. The molecule has 0 heterocycles. The van der Waals surface area contributed by atoms with Gasteiger partial charge in [0, 0.05) is 5.69 Å². The molecule has 0 aliphatic carbocycles. The third-order valence-electron chi connectivity index (χ3n) is 3.00. The zero-order valence-electron chi connectivity index (χ0n) is 13.3. The number of aryl methyl sites for hydroxylation is 1. The van der Waals surface area contributed by atoms with Crippen molar-refractivity contribution in [3.63, 3.8) is 0 Å². The van der Waals surface area contributed by atoms with E-state index < -0.39 is 0 Å². The highest BCUT2D eigenvalue weighted by Gasteiger charge is 2.02. The Morgan fingerprint density at radius 1 is 1.13 bits per heavy atom. The first-order chi connectivity index (χ1) is 11.2. The molecule has 2 rings (SSSR count). The van der Waals surface area contributed by atoms with Crippen molar-refractivity contribution >= 4 is 17.8 Å². The fourth-order valence-electron chi connectivity index (χ4n) is 1.84. The van der Waals surface area contributed by atoms with Crippen LogP contribution in [0.2, 0.25) is 0 Å². The van der Waals surface area contributed by atoms with E-state index in [9.17, 15) is 4.79 Å². The summed E-state index contributed by atoms with van der Waals surface area (Å²) < 4.78 is 5.35. The number of carbonyl (C=O) groups excluding carboxylic acids is 1. The summed E-state index contributed by atoms with van der Waals surface area (Å²) in [6.07, 6.45) is 1.55. The molecule has 0 unspecified atom stereocenters. The second-order valence-corrected chi connectivity index (χ2v) is 4.92. The van der Waals surface area contributed by atoms with Gasteiger partial charge >= 0.3 is 0 Å². The molecule has 23 heavy (non-hydrogen) atoms. The molecule has 5 nitrogen and oxygen atoms in total. The summed E-state index contributed by atoms with van der Waals surface area (Å²) >= 11 is 0. The van der Waals surface area contributed by atoms with Crippen LogP contribution in [0.15, 0.2) is 53.7 Å². The average Bonchev–Trinajstić information content (AvgIpc) is 2.55. The van der Waals surface area contributed by atoms with E-state index in [0.29, 0.717) is 6.61 Å². The molecule has 2 aromatic rings. The number of rotatable bonds is 7. The van der Waals surface area contributed by atoms with E-state index >= 15 is 0 Å². The minimum Gasteiger partial charge on any atom is -0.494 e. The predicted molar refractivity (Wildman–Crippen MR) is 91.0 cm³/mol. The van der Waals surface area contributed by atoms with Gasteiger partial charge in [0.1, 0.15) is 5.75 Å². The number of hydrogen-bond donors (Lipinski definition) is 1. The number of ether oxygens (including phenoxy) is 1. The summed E-state index contributed by atoms with van der Waals surface area (Å²) in [4.78, 5) is 16.7. The van der Waals surface area contributed by atoms with E-state index in [1.54, 1.807) is 6.21 Å². The zero-order valence-corrected chi connectivity index (χ0v) is 13.3. The van der Waals surface area contributed by atoms with Crippen LogP contribution in [0.25, 0.3) is 0 Å². The summed E-state index contributed by atoms with van der Waals surface area (Å²) in [7, 11) is 0. The molecule has 5 heteroatoms. The molecule has 0 fully saturated rings. The van der Waals surface area contributed by atoms with Gasteiger partial charge in [-0.3, -0.25) is 4.79 Å². The Labute approximate surface area is 135 Å². The molecular weight excluding hydrogens is 292 g/mol. The Morgan fingerprint density at radius 2 is 1.83 bits per heavy atom. The van der Waals surface area contributed by atoms with Crippen molar-refractivity contribution in [2.24, 2.45) is 5.16 Å². The predicted octanol–water partition coefficient (Wildman–Crippen LogP) is 3.38.